The van der Waals surface area contributed by atoms with Gasteiger partial charge in [-0.25, -0.2) is 4.79 Å². The lowest BCUT2D eigenvalue weighted by Crippen LogP contribution is -2.27. The monoisotopic (exact) mass is 331 g/mol. The van der Waals surface area contributed by atoms with Crippen LogP contribution in [-0.4, -0.2) is 23.6 Å². The van der Waals surface area contributed by atoms with Gasteiger partial charge in [0.1, 0.15) is 11.5 Å². The molecule has 0 saturated carbocycles. The normalized spacial score (nSPS) is 11.8. The van der Waals surface area contributed by atoms with E-state index in [1.165, 1.54) is 6.26 Å². The lowest BCUT2D eigenvalue weighted by Gasteiger charge is -2.15. The highest BCUT2D eigenvalue weighted by Crippen LogP contribution is 2.19. The number of carboxylic acids is 1. The third kappa shape index (κ3) is 4.62. The second-order valence-corrected chi connectivity index (χ2v) is 5.45. The molecule has 2 rings (SSSR count). The first-order valence-electron chi connectivity index (χ1n) is 7.83. The van der Waals surface area contributed by atoms with Gasteiger partial charge in [0.15, 0.2) is 6.61 Å². The third-order valence-corrected chi connectivity index (χ3v) is 3.56. The highest BCUT2D eigenvalue weighted by molar-refractivity contribution is 5.95. The molecule has 2 N–H and O–H groups in total. The van der Waals surface area contributed by atoms with E-state index in [1.54, 1.807) is 30.3 Å². The molecule has 0 fully saturated rings. The van der Waals surface area contributed by atoms with Gasteiger partial charge in [-0.1, -0.05) is 19.1 Å². The Balaban J connectivity index is 1.98. The van der Waals surface area contributed by atoms with Crippen molar-refractivity contribution >= 4 is 11.9 Å². The van der Waals surface area contributed by atoms with E-state index in [-0.39, 0.29) is 18.6 Å². The zero-order chi connectivity index (χ0) is 17.5. The van der Waals surface area contributed by atoms with Gasteiger partial charge in [0.25, 0.3) is 5.91 Å². The van der Waals surface area contributed by atoms with E-state index in [1.807, 2.05) is 13.8 Å². The zero-order valence-electron chi connectivity index (χ0n) is 13.7. The number of carbonyl (C=O) groups is 2. The van der Waals surface area contributed by atoms with Crippen molar-refractivity contribution in [2.24, 2.45) is 0 Å². The first-order chi connectivity index (χ1) is 11.5. The van der Waals surface area contributed by atoms with Crippen molar-refractivity contribution in [2.45, 2.75) is 32.7 Å². The summed E-state index contributed by atoms with van der Waals surface area (Å²) in [6, 6.07) is 8.43. The Hall–Kier alpha value is -2.76. The predicted octanol–water partition coefficient (Wildman–Crippen LogP) is 3.19. The molecule has 0 aliphatic heterocycles. The summed E-state index contributed by atoms with van der Waals surface area (Å²) in [5, 5.41) is 11.5. The average molecular weight is 331 g/mol. The van der Waals surface area contributed by atoms with Crippen LogP contribution in [0.15, 0.2) is 41.0 Å². The number of benzene rings is 1. The van der Waals surface area contributed by atoms with Gasteiger partial charge in [0.05, 0.1) is 17.9 Å². The van der Waals surface area contributed by atoms with Crippen LogP contribution in [0.4, 0.5) is 0 Å². The van der Waals surface area contributed by atoms with Gasteiger partial charge in [-0.15, -0.1) is 0 Å². The van der Waals surface area contributed by atoms with Crippen molar-refractivity contribution in [3.05, 3.63) is 53.5 Å². The Morgan fingerprint density at radius 2 is 1.96 bits per heavy atom. The Labute approximate surface area is 140 Å². The Morgan fingerprint density at radius 1 is 1.25 bits per heavy atom. The van der Waals surface area contributed by atoms with Crippen LogP contribution in [0.3, 0.4) is 0 Å². The maximum atomic E-state index is 12.4. The van der Waals surface area contributed by atoms with Crippen molar-refractivity contribution in [2.75, 3.05) is 6.61 Å². The van der Waals surface area contributed by atoms with Crippen LogP contribution in [0.2, 0.25) is 0 Å². The Morgan fingerprint density at radius 3 is 2.58 bits per heavy atom. The van der Waals surface area contributed by atoms with Crippen molar-refractivity contribution in [3.8, 4) is 5.75 Å². The van der Waals surface area contributed by atoms with Gasteiger partial charge < -0.3 is 19.6 Å². The number of carboxylic acid groups (broad SMARTS) is 1. The molecule has 0 saturated heterocycles. The maximum Gasteiger partial charge on any atom is 0.341 e. The molecule has 1 heterocycles. The summed E-state index contributed by atoms with van der Waals surface area (Å²) < 4.78 is 10.4. The fourth-order valence-electron chi connectivity index (χ4n) is 2.32. The van der Waals surface area contributed by atoms with Crippen LogP contribution in [0.25, 0.3) is 0 Å². The van der Waals surface area contributed by atoms with E-state index < -0.39 is 5.97 Å². The lowest BCUT2D eigenvalue weighted by atomic mass is 10.1. The number of amides is 1. The van der Waals surface area contributed by atoms with Crippen LogP contribution in [0.5, 0.6) is 5.75 Å². The van der Waals surface area contributed by atoms with Crippen molar-refractivity contribution in [3.63, 3.8) is 0 Å². The number of hydrogen-bond acceptors (Lipinski definition) is 4. The summed E-state index contributed by atoms with van der Waals surface area (Å²) in [7, 11) is 0. The number of aliphatic carboxylic acids is 1. The molecule has 1 aromatic heterocycles. The van der Waals surface area contributed by atoms with E-state index in [9.17, 15) is 9.59 Å². The molecule has 0 spiro atoms. The molecule has 0 aliphatic carbocycles. The summed E-state index contributed by atoms with van der Waals surface area (Å²) in [6.45, 7) is 3.53. The minimum Gasteiger partial charge on any atom is -0.482 e. The largest absolute Gasteiger partial charge is 0.482 e. The number of rotatable bonds is 8. The highest BCUT2D eigenvalue weighted by atomic mass is 16.5. The lowest BCUT2D eigenvalue weighted by molar-refractivity contribution is -0.139. The van der Waals surface area contributed by atoms with Crippen LogP contribution >= 0.6 is 0 Å². The topological polar surface area (TPSA) is 88.8 Å². The standard InChI is InChI=1S/C18H21NO5/c1-3-4-16-15(9-10-23-16)18(22)19-12(2)13-5-7-14(8-6-13)24-11-17(20)21/h5-10,12H,3-4,11H2,1-2H3,(H,19,22)(H,20,21). The summed E-state index contributed by atoms with van der Waals surface area (Å²) in [5.41, 5.74) is 1.46. The van der Waals surface area contributed by atoms with E-state index in [2.05, 4.69) is 5.32 Å². The number of furan rings is 1. The number of nitrogens with one attached hydrogen (secondary N) is 1. The Kier molecular flexibility index (Phi) is 6.01. The summed E-state index contributed by atoms with van der Waals surface area (Å²) in [4.78, 5) is 22.8. The quantitative estimate of drug-likeness (QED) is 0.775. The number of ether oxygens (including phenoxy) is 1. The van der Waals surface area contributed by atoms with Gasteiger partial charge in [-0.3, -0.25) is 4.79 Å². The van der Waals surface area contributed by atoms with Gasteiger partial charge in [-0.2, -0.15) is 0 Å². The fourth-order valence-corrected chi connectivity index (χ4v) is 2.32. The molecule has 0 radical (unpaired) electrons. The second kappa shape index (κ2) is 8.19. The van der Waals surface area contributed by atoms with Crippen molar-refractivity contribution < 1.29 is 23.8 Å². The van der Waals surface area contributed by atoms with Crippen molar-refractivity contribution in [1.29, 1.82) is 0 Å². The molecule has 0 bridgehead atoms. The molecule has 0 aliphatic rings. The van der Waals surface area contributed by atoms with Crippen LogP contribution in [0.1, 0.15) is 48.0 Å². The molecular formula is C18H21NO5. The second-order valence-electron chi connectivity index (χ2n) is 5.45. The van der Waals surface area contributed by atoms with E-state index in [4.69, 9.17) is 14.3 Å². The van der Waals surface area contributed by atoms with E-state index in [0.717, 1.165) is 18.4 Å². The molecule has 1 unspecified atom stereocenters. The van der Waals surface area contributed by atoms with Gasteiger partial charge in [0, 0.05) is 6.42 Å². The molecule has 6 nitrogen and oxygen atoms in total. The van der Waals surface area contributed by atoms with E-state index in [0.29, 0.717) is 17.1 Å². The molecule has 1 aromatic carbocycles. The van der Waals surface area contributed by atoms with E-state index >= 15 is 0 Å². The SMILES string of the molecule is CCCc1occc1C(=O)NC(C)c1ccc(OCC(=O)O)cc1. The van der Waals surface area contributed by atoms with Gasteiger partial charge >= 0.3 is 5.97 Å². The molecule has 1 amide bonds. The number of aryl methyl sites for hydroxylation is 1. The van der Waals surface area contributed by atoms with Gasteiger partial charge in [-0.05, 0) is 37.1 Å². The van der Waals surface area contributed by atoms with Crippen LogP contribution in [0, 0.1) is 0 Å². The van der Waals surface area contributed by atoms with Crippen LogP contribution < -0.4 is 10.1 Å². The summed E-state index contributed by atoms with van der Waals surface area (Å²) >= 11 is 0. The Bertz CT molecular complexity index is 690. The summed E-state index contributed by atoms with van der Waals surface area (Å²) in [6.07, 6.45) is 3.15. The zero-order valence-corrected chi connectivity index (χ0v) is 13.7. The first-order valence-corrected chi connectivity index (χ1v) is 7.83. The van der Waals surface area contributed by atoms with Crippen LogP contribution in [-0.2, 0) is 11.2 Å². The average Bonchev–Trinajstić information content (AvgIpc) is 3.02. The first kappa shape index (κ1) is 17.6. The molecule has 2 aromatic rings. The minimum absolute atomic E-state index is 0.175. The molecule has 1 atom stereocenters. The molecule has 128 valence electrons. The predicted molar refractivity (Wildman–Crippen MR) is 88.2 cm³/mol. The molecule has 6 heteroatoms. The maximum absolute atomic E-state index is 12.4. The van der Waals surface area contributed by atoms with Gasteiger partial charge in [0.2, 0.25) is 0 Å². The number of carbonyl (C=O) groups excluding carboxylic acids is 1. The molecular weight excluding hydrogens is 310 g/mol. The van der Waals surface area contributed by atoms with Crippen molar-refractivity contribution in [1.82, 2.24) is 5.32 Å². The summed E-state index contributed by atoms with van der Waals surface area (Å²) in [5.74, 6) is -0.0343. The number of hydrogen-bond donors (Lipinski definition) is 2. The fraction of sp³-hybridized carbons (Fsp3) is 0.333. The molecule has 24 heavy (non-hydrogen) atoms. The third-order valence-electron chi connectivity index (χ3n) is 3.56. The highest BCUT2D eigenvalue weighted by Gasteiger charge is 2.16. The smallest absolute Gasteiger partial charge is 0.341 e. The minimum atomic E-state index is -1.03.